The summed E-state index contributed by atoms with van der Waals surface area (Å²) in [5.41, 5.74) is 3.70. The summed E-state index contributed by atoms with van der Waals surface area (Å²) in [5, 5.41) is 18.2. The van der Waals surface area contributed by atoms with Crippen molar-refractivity contribution in [2.75, 3.05) is 6.61 Å². The van der Waals surface area contributed by atoms with Gasteiger partial charge in [0, 0.05) is 34.2 Å². The smallest absolute Gasteiger partial charge is 0.269 e. The van der Waals surface area contributed by atoms with Crippen molar-refractivity contribution in [1.82, 2.24) is 5.01 Å². The molecule has 8 heteroatoms. The molecule has 32 heavy (non-hydrogen) atoms. The van der Waals surface area contributed by atoms with E-state index in [9.17, 15) is 10.1 Å². The van der Waals surface area contributed by atoms with Crippen LogP contribution in [0.1, 0.15) is 42.3 Å². The third-order valence-electron chi connectivity index (χ3n) is 5.62. The van der Waals surface area contributed by atoms with E-state index in [1.807, 2.05) is 60.5 Å². The highest BCUT2D eigenvalue weighted by atomic mass is 79.9. The van der Waals surface area contributed by atoms with E-state index in [4.69, 9.17) is 14.6 Å². The molecule has 0 radical (unpaired) electrons. The first-order chi connectivity index (χ1) is 15.5. The number of non-ortho nitro benzene ring substituents is 1. The van der Waals surface area contributed by atoms with Crippen LogP contribution in [0.2, 0.25) is 0 Å². The van der Waals surface area contributed by atoms with E-state index in [0.717, 1.165) is 32.8 Å². The largest absolute Gasteiger partial charge is 0.494 e. The van der Waals surface area contributed by atoms with Crippen molar-refractivity contribution in [3.8, 4) is 11.5 Å². The first-order valence-electron chi connectivity index (χ1n) is 10.3. The Kier molecular flexibility index (Phi) is 5.30. The minimum atomic E-state index is -0.561. The fourth-order valence-electron chi connectivity index (χ4n) is 4.15. The maximum Gasteiger partial charge on any atom is 0.269 e. The topological polar surface area (TPSA) is 77.2 Å². The third-order valence-corrected chi connectivity index (χ3v) is 6.11. The van der Waals surface area contributed by atoms with Gasteiger partial charge in [0.25, 0.3) is 5.69 Å². The molecule has 0 aliphatic carbocycles. The second-order valence-corrected chi connectivity index (χ2v) is 8.52. The molecule has 0 bridgehead atoms. The zero-order chi connectivity index (χ0) is 22.2. The summed E-state index contributed by atoms with van der Waals surface area (Å²) < 4.78 is 12.8. The summed E-state index contributed by atoms with van der Waals surface area (Å²) >= 11 is 3.56. The number of hydrogen-bond donors (Lipinski definition) is 0. The van der Waals surface area contributed by atoms with Crippen LogP contribution in [-0.2, 0) is 0 Å². The molecule has 2 heterocycles. The van der Waals surface area contributed by atoms with E-state index in [-0.39, 0.29) is 11.7 Å². The molecule has 5 rings (SSSR count). The average molecular weight is 494 g/mol. The standard InChI is InChI=1S/C24H20BrN3O4/c1-2-31-19-9-6-15(7-10-19)21-14-22-20-13-17(25)8-11-23(20)32-24(27(22)26-21)16-4-3-5-18(12-16)28(29)30/h3-13,22,24H,2,14H2,1H3/t22-,24+/m0/s1. The van der Waals surface area contributed by atoms with Gasteiger partial charge in [0.05, 0.1) is 23.3 Å². The Morgan fingerprint density at radius 2 is 2.00 bits per heavy atom. The van der Waals surface area contributed by atoms with Gasteiger partial charge in [-0.25, -0.2) is 5.01 Å². The van der Waals surface area contributed by atoms with E-state index < -0.39 is 11.2 Å². The van der Waals surface area contributed by atoms with Gasteiger partial charge in [0.15, 0.2) is 0 Å². The molecule has 0 amide bonds. The van der Waals surface area contributed by atoms with Crippen molar-refractivity contribution in [1.29, 1.82) is 0 Å². The summed E-state index contributed by atoms with van der Waals surface area (Å²) in [6.45, 7) is 2.57. The molecule has 162 valence electrons. The minimum Gasteiger partial charge on any atom is -0.494 e. The highest BCUT2D eigenvalue weighted by Gasteiger charge is 2.41. The maximum absolute atomic E-state index is 11.3. The van der Waals surface area contributed by atoms with Gasteiger partial charge in [-0.3, -0.25) is 10.1 Å². The van der Waals surface area contributed by atoms with Crippen LogP contribution in [-0.4, -0.2) is 22.3 Å². The van der Waals surface area contributed by atoms with Gasteiger partial charge < -0.3 is 9.47 Å². The molecule has 3 aromatic carbocycles. The zero-order valence-electron chi connectivity index (χ0n) is 17.3. The molecular formula is C24H20BrN3O4. The van der Waals surface area contributed by atoms with Crippen molar-refractivity contribution in [3.05, 3.63) is 98.0 Å². The summed E-state index contributed by atoms with van der Waals surface area (Å²) in [5.74, 6) is 1.58. The highest BCUT2D eigenvalue weighted by Crippen LogP contribution is 2.48. The molecule has 0 N–H and O–H groups in total. The lowest BCUT2D eigenvalue weighted by Gasteiger charge is -2.38. The molecule has 0 saturated carbocycles. The molecule has 3 aromatic rings. The second-order valence-electron chi connectivity index (χ2n) is 7.61. The third kappa shape index (κ3) is 3.71. The van der Waals surface area contributed by atoms with Crippen molar-refractivity contribution in [3.63, 3.8) is 0 Å². The predicted molar refractivity (Wildman–Crippen MR) is 124 cm³/mol. The van der Waals surface area contributed by atoms with Gasteiger partial charge >= 0.3 is 0 Å². The fourth-order valence-corrected chi connectivity index (χ4v) is 4.53. The quantitative estimate of drug-likeness (QED) is 0.321. The number of nitro groups is 1. The normalized spacial score (nSPS) is 18.9. The molecule has 2 aliphatic heterocycles. The predicted octanol–water partition coefficient (Wildman–Crippen LogP) is 6.00. The number of rotatable bonds is 5. The Bertz CT molecular complexity index is 1210. The number of hydrazone groups is 1. The van der Waals surface area contributed by atoms with Crippen LogP contribution in [0.15, 0.2) is 76.3 Å². The molecule has 7 nitrogen and oxygen atoms in total. The van der Waals surface area contributed by atoms with Crippen LogP contribution >= 0.6 is 15.9 Å². The maximum atomic E-state index is 11.3. The summed E-state index contributed by atoms with van der Waals surface area (Å²) in [6.07, 6.45) is 0.139. The van der Waals surface area contributed by atoms with Crippen LogP contribution in [0, 0.1) is 10.1 Å². The first kappa shape index (κ1) is 20.5. The number of halogens is 1. The number of fused-ring (bicyclic) bond motifs is 3. The molecule has 0 saturated heterocycles. The summed E-state index contributed by atoms with van der Waals surface area (Å²) in [7, 11) is 0. The van der Waals surface area contributed by atoms with Gasteiger partial charge in [-0.05, 0) is 55.0 Å². The van der Waals surface area contributed by atoms with E-state index in [1.54, 1.807) is 12.1 Å². The fraction of sp³-hybridized carbons (Fsp3) is 0.208. The monoisotopic (exact) mass is 493 g/mol. The second kappa shape index (κ2) is 8.27. The molecule has 0 fully saturated rings. The molecule has 2 aliphatic rings. The number of nitro benzene ring substituents is 1. The number of nitrogens with zero attached hydrogens (tertiary/aromatic N) is 3. The van der Waals surface area contributed by atoms with E-state index in [0.29, 0.717) is 18.6 Å². The number of benzene rings is 3. The highest BCUT2D eigenvalue weighted by molar-refractivity contribution is 9.10. The van der Waals surface area contributed by atoms with Crippen molar-refractivity contribution < 1.29 is 14.4 Å². The Labute approximate surface area is 193 Å². The zero-order valence-corrected chi connectivity index (χ0v) is 18.9. The van der Waals surface area contributed by atoms with E-state index in [2.05, 4.69) is 15.9 Å². The van der Waals surface area contributed by atoms with Gasteiger partial charge in [-0.1, -0.05) is 28.1 Å². The van der Waals surface area contributed by atoms with Crippen molar-refractivity contribution in [2.24, 2.45) is 5.10 Å². The van der Waals surface area contributed by atoms with Gasteiger partial charge in [-0.2, -0.15) is 5.10 Å². The lowest BCUT2D eigenvalue weighted by atomic mass is 9.96. The molecule has 0 aromatic heterocycles. The molecular weight excluding hydrogens is 474 g/mol. The van der Waals surface area contributed by atoms with Crippen LogP contribution in [0.4, 0.5) is 5.69 Å². The van der Waals surface area contributed by atoms with Crippen LogP contribution < -0.4 is 9.47 Å². The molecule has 0 unspecified atom stereocenters. The molecule has 0 spiro atoms. The van der Waals surface area contributed by atoms with Crippen LogP contribution in [0.3, 0.4) is 0 Å². The van der Waals surface area contributed by atoms with E-state index >= 15 is 0 Å². The Morgan fingerprint density at radius 1 is 1.19 bits per heavy atom. The Balaban J connectivity index is 1.56. The van der Waals surface area contributed by atoms with E-state index in [1.165, 1.54) is 6.07 Å². The number of hydrogen-bond acceptors (Lipinski definition) is 6. The van der Waals surface area contributed by atoms with Gasteiger partial charge in [-0.15, -0.1) is 0 Å². The summed E-state index contributed by atoms with van der Waals surface area (Å²) in [6, 6.07) is 20.3. The Hall–Kier alpha value is -3.39. The van der Waals surface area contributed by atoms with Crippen molar-refractivity contribution >= 4 is 27.3 Å². The van der Waals surface area contributed by atoms with Gasteiger partial charge in [0.2, 0.25) is 6.23 Å². The lowest BCUT2D eigenvalue weighted by Crippen LogP contribution is -2.33. The minimum absolute atomic E-state index is 0.0270. The lowest BCUT2D eigenvalue weighted by molar-refractivity contribution is -0.385. The van der Waals surface area contributed by atoms with Crippen molar-refractivity contribution in [2.45, 2.75) is 25.6 Å². The van der Waals surface area contributed by atoms with Crippen LogP contribution in [0.25, 0.3) is 0 Å². The molecule has 2 atom stereocenters. The SMILES string of the molecule is CCOc1ccc(C2=NN3[C@@H](c4cccc([N+](=O)[O-])c4)Oc4ccc(Br)cc4[C@@H]3C2)cc1. The average Bonchev–Trinajstić information content (AvgIpc) is 3.25. The number of ether oxygens (including phenoxy) is 2. The summed E-state index contributed by atoms with van der Waals surface area (Å²) in [4.78, 5) is 10.9. The Morgan fingerprint density at radius 3 is 2.75 bits per heavy atom. The van der Waals surface area contributed by atoms with Gasteiger partial charge in [0.1, 0.15) is 11.5 Å². The first-order valence-corrected chi connectivity index (χ1v) is 11.1. The van der Waals surface area contributed by atoms with Crippen LogP contribution in [0.5, 0.6) is 11.5 Å².